The quantitative estimate of drug-likeness (QED) is 0.722. The van der Waals surface area contributed by atoms with Gasteiger partial charge in [-0.1, -0.05) is 0 Å². The summed E-state index contributed by atoms with van der Waals surface area (Å²) in [6.45, 7) is 4.47. The average Bonchev–Trinajstić information content (AvgIpc) is 3.26. The molecule has 0 unspecified atom stereocenters. The van der Waals surface area contributed by atoms with Crippen LogP contribution in [0.25, 0.3) is 5.69 Å². The van der Waals surface area contributed by atoms with Crippen LogP contribution in [0.4, 0.5) is 0 Å². The molecule has 2 fully saturated rings. The van der Waals surface area contributed by atoms with Crippen LogP contribution in [0.1, 0.15) is 22.6 Å². The SMILES string of the molecule is Cc1nnnn1-c1ccc(C(=O)N2CCN([C@@H]3CCS(=O)(=O)C3)CC2)cc1. The molecular formula is C17H22N6O3S. The topological polar surface area (TPSA) is 101 Å². The highest BCUT2D eigenvalue weighted by molar-refractivity contribution is 7.91. The van der Waals surface area contributed by atoms with Gasteiger partial charge in [-0.2, -0.15) is 4.68 Å². The summed E-state index contributed by atoms with van der Waals surface area (Å²) in [4.78, 5) is 16.8. The molecule has 1 aromatic heterocycles. The van der Waals surface area contributed by atoms with Gasteiger partial charge in [0, 0.05) is 37.8 Å². The van der Waals surface area contributed by atoms with E-state index in [4.69, 9.17) is 0 Å². The van der Waals surface area contributed by atoms with E-state index in [1.165, 1.54) is 0 Å². The molecule has 2 aliphatic rings. The maximum atomic E-state index is 12.8. The van der Waals surface area contributed by atoms with Crippen molar-refractivity contribution in [2.45, 2.75) is 19.4 Å². The van der Waals surface area contributed by atoms with Crippen LogP contribution in [0.3, 0.4) is 0 Å². The van der Waals surface area contributed by atoms with E-state index in [-0.39, 0.29) is 23.5 Å². The molecule has 9 nitrogen and oxygen atoms in total. The van der Waals surface area contributed by atoms with Crippen molar-refractivity contribution in [2.75, 3.05) is 37.7 Å². The summed E-state index contributed by atoms with van der Waals surface area (Å²) < 4.78 is 25.0. The Morgan fingerprint density at radius 3 is 2.37 bits per heavy atom. The molecule has 144 valence electrons. The summed E-state index contributed by atoms with van der Waals surface area (Å²) in [5, 5.41) is 11.4. The number of aryl methyl sites for hydroxylation is 1. The number of aromatic nitrogens is 4. The van der Waals surface area contributed by atoms with E-state index in [0.717, 1.165) is 5.69 Å². The monoisotopic (exact) mass is 390 g/mol. The number of amides is 1. The Hall–Kier alpha value is -2.33. The fraction of sp³-hybridized carbons (Fsp3) is 0.529. The van der Waals surface area contributed by atoms with Gasteiger partial charge in [-0.15, -0.1) is 5.10 Å². The van der Waals surface area contributed by atoms with E-state index < -0.39 is 9.84 Å². The van der Waals surface area contributed by atoms with Crippen molar-refractivity contribution >= 4 is 15.7 Å². The third-order valence-corrected chi connectivity index (χ3v) is 7.06. The highest BCUT2D eigenvalue weighted by Gasteiger charge is 2.34. The first-order chi connectivity index (χ1) is 12.9. The lowest BCUT2D eigenvalue weighted by Gasteiger charge is -2.37. The second kappa shape index (κ2) is 7.01. The fourth-order valence-corrected chi connectivity index (χ4v) is 5.51. The van der Waals surface area contributed by atoms with E-state index in [1.807, 2.05) is 24.0 Å². The Morgan fingerprint density at radius 1 is 1.11 bits per heavy atom. The van der Waals surface area contributed by atoms with Crippen LogP contribution >= 0.6 is 0 Å². The van der Waals surface area contributed by atoms with Gasteiger partial charge in [0.1, 0.15) is 0 Å². The molecule has 0 N–H and O–H groups in total. The standard InChI is InChI=1S/C17H22N6O3S/c1-13-18-19-20-23(13)15-4-2-14(3-5-15)17(24)22-9-7-21(8-10-22)16-6-11-27(25,26)12-16/h2-5,16H,6-12H2,1H3/t16-/m1/s1. The van der Waals surface area contributed by atoms with Gasteiger partial charge in [-0.25, -0.2) is 8.42 Å². The highest BCUT2D eigenvalue weighted by atomic mass is 32.2. The number of tetrazole rings is 1. The van der Waals surface area contributed by atoms with Gasteiger partial charge in [-0.3, -0.25) is 9.69 Å². The Kier molecular flexibility index (Phi) is 4.68. The van der Waals surface area contributed by atoms with Crippen LogP contribution < -0.4 is 0 Å². The first-order valence-corrected chi connectivity index (χ1v) is 10.8. The lowest BCUT2D eigenvalue weighted by Crippen LogP contribution is -2.52. The Bertz CT molecular complexity index is 932. The maximum absolute atomic E-state index is 12.8. The third-order valence-electron chi connectivity index (χ3n) is 5.31. The molecule has 0 spiro atoms. The van der Waals surface area contributed by atoms with E-state index in [0.29, 0.717) is 44.0 Å². The maximum Gasteiger partial charge on any atom is 0.253 e. The van der Waals surface area contributed by atoms with Crippen molar-refractivity contribution in [3.05, 3.63) is 35.7 Å². The van der Waals surface area contributed by atoms with Crippen molar-refractivity contribution in [3.8, 4) is 5.69 Å². The summed E-state index contributed by atoms with van der Waals surface area (Å²) in [5.41, 5.74) is 1.43. The van der Waals surface area contributed by atoms with Crippen LogP contribution in [0.5, 0.6) is 0 Å². The van der Waals surface area contributed by atoms with Crippen molar-refractivity contribution in [1.29, 1.82) is 0 Å². The van der Waals surface area contributed by atoms with Crippen molar-refractivity contribution in [3.63, 3.8) is 0 Å². The van der Waals surface area contributed by atoms with Gasteiger partial charge in [0.15, 0.2) is 15.7 Å². The summed E-state index contributed by atoms with van der Waals surface area (Å²) in [5.74, 6) is 1.20. The molecule has 4 rings (SSSR count). The number of hydrogen-bond acceptors (Lipinski definition) is 7. The lowest BCUT2D eigenvalue weighted by molar-refractivity contribution is 0.0588. The summed E-state index contributed by atoms with van der Waals surface area (Å²) in [6.07, 6.45) is 0.703. The molecule has 2 aromatic rings. The van der Waals surface area contributed by atoms with E-state index in [9.17, 15) is 13.2 Å². The predicted octanol–water partition coefficient (Wildman–Crippen LogP) is -0.0844. The van der Waals surface area contributed by atoms with Crippen LogP contribution in [0, 0.1) is 6.92 Å². The van der Waals surface area contributed by atoms with Crippen LogP contribution in [0.2, 0.25) is 0 Å². The molecule has 0 aliphatic carbocycles. The summed E-state index contributed by atoms with van der Waals surface area (Å²) in [7, 11) is -2.88. The first kappa shape index (κ1) is 18.1. The van der Waals surface area contributed by atoms with Crippen molar-refractivity contribution in [2.24, 2.45) is 0 Å². The first-order valence-electron chi connectivity index (χ1n) is 9.02. The Balaban J connectivity index is 1.37. The van der Waals surface area contributed by atoms with Gasteiger partial charge < -0.3 is 4.90 Å². The second-order valence-corrected chi connectivity index (χ2v) is 9.30. The number of sulfone groups is 1. The minimum atomic E-state index is -2.88. The molecule has 0 saturated carbocycles. The van der Waals surface area contributed by atoms with Crippen LogP contribution in [0.15, 0.2) is 24.3 Å². The number of carbonyl (C=O) groups is 1. The van der Waals surface area contributed by atoms with Crippen LogP contribution in [-0.2, 0) is 9.84 Å². The summed E-state index contributed by atoms with van der Waals surface area (Å²) in [6, 6.07) is 7.33. The number of piperazine rings is 1. The normalized spacial score (nSPS) is 22.9. The highest BCUT2D eigenvalue weighted by Crippen LogP contribution is 2.20. The minimum absolute atomic E-state index is 0.00585. The van der Waals surface area contributed by atoms with E-state index >= 15 is 0 Å². The Labute approximate surface area is 157 Å². The predicted molar refractivity (Wildman–Crippen MR) is 98.4 cm³/mol. The zero-order valence-corrected chi connectivity index (χ0v) is 16.0. The molecule has 1 atom stereocenters. The minimum Gasteiger partial charge on any atom is -0.336 e. The second-order valence-electron chi connectivity index (χ2n) is 7.07. The number of rotatable bonds is 3. The zero-order chi connectivity index (χ0) is 19.0. The van der Waals surface area contributed by atoms with E-state index in [1.54, 1.807) is 16.8 Å². The molecular weight excluding hydrogens is 368 g/mol. The molecule has 27 heavy (non-hydrogen) atoms. The molecule has 1 amide bonds. The lowest BCUT2D eigenvalue weighted by atomic mass is 10.1. The fourth-order valence-electron chi connectivity index (χ4n) is 3.75. The van der Waals surface area contributed by atoms with Gasteiger partial charge in [0.25, 0.3) is 5.91 Å². The number of carbonyl (C=O) groups excluding carboxylic acids is 1. The van der Waals surface area contributed by atoms with E-state index in [2.05, 4.69) is 20.4 Å². The molecule has 10 heteroatoms. The van der Waals surface area contributed by atoms with Gasteiger partial charge in [0.2, 0.25) is 0 Å². The average molecular weight is 390 g/mol. The Morgan fingerprint density at radius 2 is 1.81 bits per heavy atom. The van der Waals surface area contributed by atoms with Crippen LogP contribution in [-0.4, -0.2) is 88.1 Å². The molecule has 0 bridgehead atoms. The van der Waals surface area contributed by atoms with Crippen molar-refractivity contribution in [1.82, 2.24) is 30.0 Å². The van der Waals surface area contributed by atoms with Gasteiger partial charge in [0.05, 0.1) is 17.2 Å². The van der Waals surface area contributed by atoms with Gasteiger partial charge in [-0.05, 0) is 48.0 Å². The summed E-state index contributed by atoms with van der Waals surface area (Å²) >= 11 is 0. The van der Waals surface area contributed by atoms with Crippen molar-refractivity contribution < 1.29 is 13.2 Å². The zero-order valence-electron chi connectivity index (χ0n) is 15.2. The number of hydrogen-bond donors (Lipinski definition) is 0. The molecule has 0 radical (unpaired) electrons. The molecule has 3 heterocycles. The number of benzene rings is 1. The van der Waals surface area contributed by atoms with Gasteiger partial charge >= 0.3 is 0 Å². The number of nitrogens with zero attached hydrogens (tertiary/aromatic N) is 6. The molecule has 2 saturated heterocycles. The molecule has 1 aromatic carbocycles. The largest absolute Gasteiger partial charge is 0.336 e. The smallest absolute Gasteiger partial charge is 0.253 e. The third kappa shape index (κ3) is 3.72. The molecule has 2 aliphatic heterocycles.